The molecule has 0 aliphatic carbocycles. The van der Waals surface area contributed by atoms with Gasteiger partial charge in [0.05, 0.1) is 12.5 Å². The first-order chi connectivity index (χ1) is 10.1. The SMILES string of the molecule is CCCNC(C)c1ccc(N(C)Cc2ccoc2)cc1Cl. The molecule has 1 aromatic heterocycles. The van der Waals surface area contributed by atoms with E-state index in [-0.39, 0.29) is 6.04 Å². The van der Waals surface area contributed by atoms with E-state index < -0.39 is 0 Å². The average molecular weight is 307 g/mol. The fourth-order valence-electron chi connectivity index (χ4n) is 2.32. The van der Waals surface area contributed by atoms with Gasteiger partial charge in [-0.3, -0.25) is 0 Å². The number of rotatable bonds is 7. The molecule has 1 atom stereocenters. The van der Waals surface area contributed by atoms with Gasteiger partial charge in [0.2, 0.25) is 0 Å². The van der Waals surface area contributed by atoms with Crippen molar-refractivity contribution in [1.82, 2.24) is 5.32 Å². The molecule has 1 heterocycles. The number of benzene rings is 1. The molecule has 0 spiro atoms. The second-order valence-corrected chi connectivity index (χ2v) is 5.78. The van der Waals surface area contributed by atoms with Crippen LogP contribution in [0.5, 0.6) is 0 Å². The van der Waals surface area contributed by atoms with Crippen LogP contribution in [-0.4, -0.2) is 13.6 Å². The van der Waals surface area contributed by atoms with Crippen molar-refractivity contribution in [1.29, 1.82) is 0 Å². The maximum atomic E-state index is 6.44. The number of nitrogens with one attached hydrogen (secondary N) is 1. The molecule has 0 fully saturated rings. The third-order valence-electron chi connectivity index (χ3n) is 3.59. The van der Waals surface area contributed by atoms with Crippen LogP contribution in [0, 0.1) is 0 Å². The Hall–Kier alpha value is -1.45. The molecule has 0 amide bonds. The molecule has 3 nitrogen and oxygen atoms in total. The second-order valence-electron chi connectivity index (χ2n) is 5.37. The van der Waals surface area contributed by atoms with Crippen LogP contribution in [0.1, 0.15) is 37.4 Å². The van der Waals surface area contributed by atoms with E-state index in [2.05, 4.69) is 43.2 Å². The van der Waals surface area contributed by atoms with Gasteiger partial charge in [0.15, 0.2) is 0 Å². The van der Waals surface area contributed by atoms with Crippen molar-refractivity contribution in [3.63, 3.8) is 0 Å². The largest absolute Gasteiger partial charge is 0.472 e. The van der Waals surface area contributed by atoms with Gasteiger partial charge >= 0.3 is 0 Å². The summed E-state index contributed by atoms with van der Waals surface area (Å²) in [6, 6.07) is 8.50. The van der Waals surface area contributed by atoms with E-state index in [0.29, 0.717) is 0 Å². The predicted molar refractivity (Wildman–Crippen MR) is 89.0 cm³/mol. The number of nitrogens with zero attached hydrogens (tertiary/aromatic N) is 1. The molecule has 1 unspecified atom stereocenters. The van der Waals surface area contributed by atoms with E-state index in [1.165, 1.54) is 0 Å². The molecule has 1 N–H and O–H groups in total. The summed E-state index contributed by atoms with van der Waals surface area (Å²) in [6.07, 6.45) is 4.58. The van der Waals surface area contributed by atoms with Gasteiger partial charge in [-0.2, -0.15) is 0 Å². The van der Waals surface area contributed by atoms with Crippen molar-refractivity contribution in [2.24, 2.45) is 0 Å². The summed E-state index contributed by atoms with van der Waals surface area (Å²) in [5.41, 5.74) is 3.40. The molecular weight excluding hydrogens is 284 g/mol. The summed E-state index contributed by atoms with van der Waals surface area (Å²) in [5, 5.41) is 4.27. The zero-order chi connectivity index (χ0) is 15.2. The van der Waals surface area contributed by atoms with Crippen LogP contribution >= 0.6 is 11.6 Å². The smallest absolute Gasteiger partial charge is 0.0952 e. The zero-order valence-electron chi connectivity index (χ0n) is 12.9. The minimum atomic E-state index is 0.269. The highest BCUT2D eigenvalue weighted by Gasteiger charge is 2.11. The molecule has 0 aliphatic heterocycles. The third kappa shape index (κ3) is 4.26. The molecule has 0 aliphatic rings. The first-order valence-electron chi connectivity index (χ1n) is 7.37. The number of halogens is 1. The van der Waals surface area contributed by atoms with Crippen molar-refractivity contribution in [2.75, 3.05) is 18.5 Å². The van der Waals surface area contributed by atoms with Crippen LogP contribution in [0.3, 0.4) is 0 Å². The quantitative estimate of drug-likeness (QED) is 0.808. The molecule has 0 saturated carbocycles. The summed E-state index contributed by atoms with van der Waals surface area (Å²) < 4.78 is 5.10. The highest BCUT2D eigenvalue weighted by molar-refractivity contribution is 6.31. The van der Waals surface area contributed by atoms with Crippen molar-refractivity contribution in [2.45, 2.75) is 32.9 Å². The topological polar surface area (TPSA) is 28.4 Å². The molecular formula is C17H23ClN2O. The van der Waals surface area contributed by atoms with Crippen LogP contribution in [0.4, 0.5) is 5.69 Å². The Bertz CT molecular complexity index is 554. The van der Waals surface area contributed by atoms with Crippen molar-refractivity contribution >= 4 is 17.3 Å². The van der Waals surface area contributed by atoms with Gasteiger partial charge in [0, 0.05) is 35.9 Å². The second kappa shape index (κ2) is 7.53. The first kappa shape index (κ1) is 15.9. The molecule has 4 heteroatoms. The molecule has 0 bridgehead atoms. The van der Waals surface area contributed by atoms with Gasteiger partial charge < -0.3 is 14.6 Å². The fourth-order valence-corrected chi connectivity index (χ4v) is 2.66. The fraction of sp³-hybridized carbons (Fsp3) is 0.412. The van der Waals surface area contributed by atoms with E-state index in [4.69, 9.17) is 16.0 Å². The molecule has 0 radical (unpaired) electrons. The molecule has 114 valence electrons. The van der Waals surface area contributed by atoms with Gasteiger partial charge in [0.1, 0.15) is 0 Å². The average Bonchev–Trinajstić information content (AvgIpc) is 2.97. The van der Waals surface area contributed by atoms with Crippen molar-refractivity contribution in [3.05, 3.63) is 52.9 Å². The number of hydrogen-bond acceptors (Lipinski definition) is 3. The Morgan fingerprint density at radius 3 is 2.76 bits per heavy atom. The van der Waals surface area contributed by atoms with Crippen LogP contribution in [-0.2, 0) is 6.54 Å². The minimum absolute atomic E-state index is 0.269. The normalized spacial score (nSPS) is 12.4. The lowest BCUT2D eigenvalue weighted by molar-refractivity contribution is 0.563. The van der Waals surface area contributed by atoms with E-state index in [1.54, 1.807) is 12.5 Å². The Morgan fingerprint density at radius 1 is 1.33 bits per heavy atom. The number of hydrogen-bond donors (Lipinski definition) is 1. The van der Waals surface area contributed by atoms with Gasteiger partial charge in [0.25, 0.3) is 0 Å². The monoisotopic (exact) mass is 306 g/mol. The standard InChI is InChI=1S/C17H23ClN2O/c1-4-8-19-13(2)16-6-5-15(10-17(16)18)20(3)11-14-7-9-21-12-14/h5-7,9-10,12-13,19H,4,8,11H2,1-3H3. The summed E-state index contributed by atoms with van der Waals surface area (Å²) >= 11 is 6.44. The predicted octanol–water partition coefficient (Wildman–Crippen LogP) is 4.63. The summed E-state index contributed by atoms with van der Waals surface area (Å²) in [7, 11) is 2.05. The van der Waals surface area contributed by atoms with Crippen LogP contribution in [0.2, 0.25) is 5.02 Å². The minimum Gasteiger partial charge on any atom is -0.472 e. The Kier molecular flexibility index (Phi) is 5.71. The van der Waals surface area contributed by atoms with Crippen LogP contribution in [0.25, 0.3) is 0 Å². The van der Waals surface area contributed by atoms with Gasteiger partial charge in [-0.1, -0.05) is 24.6 Å². The summed E-state index contributed by atoms with van der Waals surface area (Å²) in [4.78, 5) is 2.16. The van der Waals surface area contributed by atoms with E-state index in [1.807, 2.05) is 12.1 Å². The number of furan rings is 1. The Morgan fingerprint density at radius 2 is 2.14 bits per heavy atom. The van der Waals surface area contributed by atoms with E-state index in [0.717, 1.165) is 41.3 Å². The molecule has 1 aromatic carbocycles. The van der Waals surface area contributed by atoms with E-state index >= 15 is 0 Å². The third-order valence-corrected chi connectivity index (χ3v) is 3.92. The molecule has 2 rings (SSSR count). The van der Waals surface area contributed by atoms with Gasteiger partial charge in [-0.25, -0.2) is 0 Å². The van der Waals surface area contributed by atoms with E-state index in [9.17, 15) is 0 Å². The van der Waals surface area contributed by atoms with Gasteiger partial charge in [-0.15, -0.1) is 0 Å². The summed E-state index contributed by atoms with van der Waals surface area (Å²) in [6.45, 7) is 6.11. The first-order valence-corrected chi connectivity index (χ1v) is 7.74. The van der Waals surface area contributed by atoms with Crippen LogP contribution < -0.4 is 10.2 Å². The highest BCUT2D eigenvalue weighted by Crippen LogP contribution is 2.28. The number of anilines is 1. The molecule has 2 aromatic rings. The Balaban J connectivity index is 2.07. The molecule has 21 heavy (non-hydrogen) atoms. The van der Waals surface area contributed by atoms with Crippen molar-refractivity contribution in [3.8, 4) is 0 Å². The lowest BCUT2D eigenvalue weighted by Gasteiger charge is -2.21. The van der Waals surface area contributed by atoms with Crippen molar-refractivity contribution < 1.29 is 4.42 Å². The highest BCUT2D eigenvalue weighted by atomic mass is 35.5. The summed E-state index contributed by atoms with van der Waals surface area (Å²) in [5.74, 6) is 0. The van der Waals surface area contributed by atoms with Crippen LogP contribution in [0.15, 0.2) is 41.2 Å². The lowest BCUT2D eigenvalue weighted by atomic mass is 10.1. The maximum absolute atomic E-state index is 6.44. The van der Waals surface area contributed by atoms with Gasteiger partial charge in [-0.05, 0) is 43.7 Å². The zero-order valence-corrected chi connectivity index (χ0v) is 13.7. The lowest BCUT2D eigenvalue weighted by Crippen LogP contribution is -2.20. The maximum Gasteiger partial charge on any atom is 0.0952 e. The Labute approximate surface area is 131 Å². The molecule has 0 saturated heterocycles.